The summed E-state index contributed by atoms with van der Waals surface area (Å²) in [5.74, 6) is -0.443. The molecule has 0 bridgehead atoms. The monoisotopic (exact) mass is 393 g/mol. The summed E-state index contributed by atoms with van der Waals surface area (Å²) in [6, 6.07) is 4.40. The maximum absolute atomic E-state index is 12.2. The van der Waals surface area contributed by atoms with Crippen LogP contribution in [0.2, 0.25) is 10.0 Å². The molecule has 1 heterocycles. The Bertz CT molecular complexity index is 882. The fraction of sp³-hybridized carbons (Fsp3) is 0.308. The van der Waals surface area contributed by atoms with Gasteiger partial charge in [-0.25, -0.2) is 8.42 Å². The molecule has 24 heavy (non-hydrogen) atoms. The molecular formula is C13H13Cl2N3O5S. The standard InChI is InChI=1S/C13H13Cl2N3O5S/c1-23-13-16-12(18(19)20)7-17(13)6-11(24(2,21)22)9-4-3-8(14)5-10(9)15/h3-5,7,11H,6H2,1-2H3. The zero-order chi connectivity index (χ0) is 18.1. The van der Waals surface area contributed by atoms with E-state index in [2.05, 4.69) is 4.98 Å². The van der Waals surface area contributed by atoms with Crippen LogP contribution in [0.5, 0.6) is 6.01 Å². The van der Waals surface area contributed by atoms with Crippen molar-refractivity contribution in [1.29, 1.82) is 0 Å². The molecule has 1 aromatic carbocycles. The predicted molar refractivity (Wildman–Crippen MR) is 89.5 cm³/mol. The van der Waals surface area contributed by atoms with Gasteiger partial charge < -0.3 is 14.9 Å². The van der Waals surface area contributed by atoms with E-state index in [4.69, 9.17) is 27.9 Å². The summed E-state index contributed by atoms with van der Waals surface area (Å²) in [6.07, 6.45) is 2.17. The molecule has 8 nitrogen and oxygen atoms in total. The lowest BCUT2D eigenvalue weighted by molar-refractivity contribution is -0.389. The molecule has 0 aliphatic heterocycles. The van der Waals surface area contributed by atoms with E-state index in [1.165, 1.54) is 29.9 Å². The van der Waals surface area contributed by atoms with E-state index >= 15 is 0 Å². The molecule has 0 saturated heterocycles. The first-order chi connectivity index (χ1) is 11.1. The summed E-state index contributed by atoms with van der Waals surface area (Å²) >= 11 is 12.0. The number of benzene rings is 1. The second-order valence-electron chi connectivity index (χ2n) is 4.98. The van der Waals surface area contributed by atoms with Crippen LogP contribution in [0.15, 0.2) is 24.4 Å². The van der Waals surface area contributed by atoms with Crippen LogP contribution in [0.4, 0.5) is 5.82 Å². The molecule has 11 heteroatoms. The Balaban J connectivity index is 2.50. The van der Waals surface area contributed by atoms with Crippen molar-refractivity contribution in [2.24, 2.45) is 0 Å². The lowest BCUT2D eigenvalue weighted by atomic mass is 10.1. The normalized spacial score (nSPS) is 12.8. The van der Waals surface area contributed by atoms with Gasteiger partial charge in [-0.3, -0.25) is 4.57 Å². The lowest BCUT2D eigenvalue weighted by Crippen LogP contribution is -2.18. The Morgan fingerprint density at radius 3 is 2.58 bits per heavy atom. The number of rotatable bonds is 6. The summed E-state index contributed by atoms with van der Waals surface area (Å²) in [5, 5.41) is 10.3. The fourth-order valence-electron chi connectivity index (χ4n) is 2.17. The molecule has 0 amide bonds. The van der Waals surface area contributed by atoms with Crippen molar-refractivity contribution in [2.75, 3.05) is 13.4 Å². The Morgan fingerprint density at radius 2 is 2.08 bits per heavy atom. The van der Waals surface area contributed by atoms with Gasteiger partial charge in [0.2, 0.25) is 0 Å². The van der Waals surface area contributed by atoms with Crippen LogP contribution in [0, 0.1) is 10.1 Å². The third-order valence-corrected chi connectivity index (χ3v) is 5.28. The number of nitrogens with zero attached hydrogens (tertiary/aromatic N) is 3. The van der Waals surface area contributed by atoms with Gasteiger partial charge in [0.25, 0.3) is 0 Å². The van der Waals surface area contributed by atoms with Gasteiger partial charge in [0, 0.05) is 21.3 Å². The average Bonchev–Trinajstić information content (AvgIpc) is 2.88. The molecule has 2 aromatic rings. The van der Waals surface area contributed by atoms with Crippen molar-refractivity contribution in [2.45, 2.75) is 11.8 Å². The Labute approximate surface area is 148 Å². The number of nitro groups is 1. The molecule has 0 N–H and O–H groups in total. The summed E-state index contributed by atoms with van der Waals surface area (Å²) in [5.41, 5.74) is 0.335. The van der Waals surface area contributed by atoms with Gasteiger partial charge in [-0.15, -0.1) is 0 Å². The van der Waals surface area contributed by atoms with Gasteiger partial charge in [-0.05, 0) is 22.6 Å². The smallest absolute Gasteiger partial charge is 0.414 e. The number of methoxy groups -OCH3 is 1. The summed E-state index contributed by atoms with van der Waals surface area (Å²) in [7, 11) is -2.30. The average molecular weight is 394 g/mol. The van der Waals surface area contributed by atoms with Crippen LogP contribution in [0.25, 0.3) is 0 Å². The van der Waals surface area contributed by atoms with E-state index in [1.54, 1.807) is 0 Å². The van der Waals surface area contributed by atoms with E-state index < -0.39 is 25.8 Å². The largest absolute Gasteiger partial charge is 0.449 e. The number of sulfone groups is 1. The predicted octanol–water partition coefficient (Wildman–Crippen LogP) is 2.89. The van der Waals surface area contributed by atoms with Gasteiger partial charge in [0.05, 0.1) is 13.7 Å². The molecule has 1 unspecified atom stereocenters. The molecule has 1 atom stereocenters. The number of ether oxygens (including phenoxy) is 1. The number of hydrogen-bond acceptors (Lipinski definition) is 6. The molecule has 0 aliphatic carbocycles. The van der Waals surface area contributed by atoms with Gasteiger partial charge in [-0.2, -0.15) is 0 Å². The molecule has 1 aromatic heterocycles. The van der Waals surface area contributed by atoms with Crippen molar-refractivity contribution >= 4 is 38.9 Å². The minimum absolute atomic E-state index is 0.0690. The summed E-state index contributed by atoms with van der Waals surface area (Å²) in [6.45, 7) is -0.149. The SMILES string of the molecule is COc1nc([N+](=O)[O-])cn1CC(c1ccc(Cl)cc1Cl)S(C)(=O)=O. The topological polar surface area (TPSA) is 104 Å². The van der Waals surface area contributed by atoms with Gasteiger partial charge in [-0.1, -0.05) is 29.3 Å². The first-order valence-corrected chi connectivity index (χ1v) is 9.24. The highest BCUT2D eigenvalue weighted by Crippen LogP contribution is 2.33. The maximum atomic E-state index is 12.2. The van der Waals surface area contributed by atoms with Crippen molar-refractivity contribution in [3.8, 4) is 6.01 Å². The number of halogens is 2. The molecule has 0 aliphatic rings. The van der Waals surface area contributed by atoms with Gasteiger partial charge >= 0.3 is 11.8 Å². The zero-order valence-corrected chi connectivity index (χ0v) is 15.0. The zero-order valence-electron chi connectivity index (χ0n) is 12.6. The van der Waals surface area contributed by atoms with Crippen LogP contribution in [0.3, 0.4) is 0 Å². The Kier molecular flexibility index (Phi) is 5.36. The molecule has 0 saturated carbocycles. The number of hydrogen-bond donors (Lipinski definition) is 0. The quantitative estimate of drug-likeness (QED) is 0.551. The molecule has 0 radical (unpaired) electrons. The number of aromatic nitrogens is 2. The van der Waals surface area contributed by atoms with Crippen LogP contribution >= 0.6 is 23.2 Å². The maximum Gasteiger partial charge on any atom is 0.414 e. The number of imidazole rings is 1. The van der Waals surface area contributed by atoms with E-state index in [0.29, 0.717) is 10.6 Å². The highest BCUT2D eigenvalue weighted by molar-refractivity contribution is 7.90. The van der Waals surface area contributed by atoms with Crippen LogP contribution in [-0.2, 0) is 16.4 Å². The second kappa shape index (κ2) is 6.96. The Morgan fingerprint density at radius 1 is 1.42 bits per heavy atom. The second-order valence-corrected chi connectivity index (χ2v) is 8.05. The first-order valence-electron chi connectivity index (χ1n) is 6.53. The van der Waals surface area contributed by atoms with Crippen molar-refractivity contribution in [1.82, 2.24) is 9.55 Å². The van der Waals surface area contributed by atoms with Crippen molar-refractivity contribution in [3.63, 3.8) is 0 Å². The van der Waals surface area contributed by atoms with Gasteiger partial charge in [0.15, 0.2) is 9.84 Å². The van der Waals surface area contributed by atoms with Crippen molar-refractivity contribution < 1.29 is 18.1 Å². The van der Waals surface area contributed by atoms with Crippen LogP contribution in [0.1, 0.15) is 10.8 Å². The highest BCUT2D eigenvalue weighted by atomic mass is 35.5. The molecule has 0 spiro atoms. The molecule has 2 rings (SSSR count). The highest BCUT2D eigenvalue weighted by Gasteiger charge is 2.29. The lowest BCUT2D eigenvalue weighted by Gasteiger charge is -2.17. The third kappa shape index (κ3) is 3.97. The van der Waals surface area contributed by atoms with E-state index in [1.807, 2.05) is 0 Å². The fourth-order valence-corrected chi connectivity index (χ4v) is 3.88. The first kappa shape index (κ1) is 18.5. The van der Waals surface area contributed by atoms with E-state index in [-0.39, 0.29) is 17.6 Å². The molecular weight excluding hydrogens is 381 g/mol. The van der Waals surface area contributed by atoms with Crippen LogP contribution < -0.4 is 4.74 Å². The summed E-state index contributed by atoms with van der Waals surface area (Å²) < 4.78 is 30.7. The van der Waals surface area contributed by atoms with Crippen LogP contribution in [-0.4, -0.2) is 36.3 Å². The Hall–Kier alpha value is -1.84. The summed E-state index contributed by atoms with van der Waals surface area (Å²) in [4.78, 5) is 13.8. The van der Waals surface area contributed by atoms with Crippen molar-refractivity contribution in [3.05, 3.63) is 50.1 Å². The van der Waals surface area contributed by atoms with E-state index in [0.717, 1.165) is 12.5 Å². The minimum Gasteiger partial charge on any atom is -0.449 e. The molecule has 0 fully saturated rings. The minimum atomic E-state index is -3.59. The van der Waals surface area contributed by atoms with Gasteiger partial charge in [0.1, 0.15) is 11.4 Å². The van der Waals surface area contributed by atoms with E-state index in [9.17, 15) is 18.5 Å². The third-order valence-electron chi connectivity index (χ3n) is 3.29. The molecule has 130 valence electrons.